The number of aromatic nitrogens is 2. The van der Waals surface area contributed by atoms with Gasteiger partial charge in [0.15, 0.2) is 0 Å². The van der Waals surface area contributed by atoms with Crippen molar-refractivity contribution in [2.75, 3.05) is 0 Å². The van der Waals surface area contributed by atoms with E-state index < -0.39 is 0 Å². The van der Waals surface area contributed by atoms with Crippen molar-refractivity contribution in [2.45, 2.75) is 51.4 Å². The zero-order chi connectivity index (χ0) is 12.7. The highest BCUT2D eigenvalue weighted by atomic mass is 32.1. The van der Waals surface area contributed by atoms with E-state index in [1.165, 1.54) is 11.5 Å². The van der Waals surface area contributed by atoms with Crippen LogP contribution in [0.1, 0.15) is 45.9 Å². The standard InChI is InChI=1S/C11H20N4OS/c1-10(2)5-7(11(3,4)16-10)9(13-12)8-6-17-15-14-8/h6-7,9,13H,5,12H2,1-4H3. The average Bonchev–Trinajstić information content (AvgIpc) is 2.74. The van der Waals surface area contributed by atoms with Gasteiger partial charge in [-0.15, -0.1) is 5.10 Å². The Labute approximate surface area is 106 Å². The third-order valence-electron chi connectivity index (χ3n) is 3.42. The van der Waals surface area contributed by atoms with Crippen molar-refractivity contribution in [2.24, 2.45) is 11.8 Å². The lowest BCUT2D eigenvalue weighted by atomic mass is 9.81. The highest BCUT2D eigenvalue weighted by molar-refractivity contribution is 7.03. The van der Waals surface area contributed by atoms with E-state index >= 15 is 0 Å². The third-order valence-corrected chi connectivity index (χ3v) is 3.94. The van der Waals surface area contributed by atoms with Gasteiger partial charge in [-0.05, 0) is 45.6 Å². The van der Waals surface area contributed by atoms with E-state index in [4.69, 9.17) is 10.6 Å². The number of hydrogen-bond donors (Lipinski definition) is 2. The minimum absolute atomic E-state index is 0.00877. The van der Waals surface area contributed by atoms with E-state index in [2.05, 4.69) is 42.7 Å². The number of nitrogens with one attached hydrogen (secondary N) is 1. The average molecular weight is 256 g/mol. The molecule has 2 rings (SSSR count). The first-order valence-corrected chi connectivity index (χ1v) is 6.63. The molecule has 1 aromatic heterocycles. The van der Waals surface area contributed by atoms with Gasteiger partial charge in [-0.3, -0.25) is 11.3 Å². The normalized spacial score (nSPS) is 28.2. The maximum atomic E-state index is 6.09. The first-order chi connectivity index (χ1) is 7.86. The molecule has 5 nitrogen and oxygen atoms in total. The molecule has 1 aromatic rings. The van der Waals surface area contributed by atoms with Crippen LogP contribution in [0.25, 0.3) is 0 Å². The smallest absolute Gasteiger partial charge is 0.0942 e. The highest BCUT2D eigenvalue weighted by Gasteiger charge is 2.49. The second kappa shape index (κ2) is 4.28. The molecule has 96 valence electrons. The maximum Gasteiger partial charge on any atom is 0.0942 e. The molecule has 0 aliphatic carbocycles. The fourth-order valence-electron chi connectivity index (χ4n) is 2.84. The highest BCUT2D eigenvalue weighted by Crippen LogP contribution is 2.47. The summed E-state index contributed by atoms with van der Waals surface area (Å²) in [4.78, 5) is 0. The molecule has 0 amide bonds. The molecule has 1 fully saturated rings. The summed E-state index contributed by atoms with van der Waals surface area (Å²) in [5.74, 6) is 5.97. The van der Waals surface area contributed by atoms with Crippen LogP contribution in [0, 0.1) is 5.92 Å². The summed E-state index contributed by atoms with van der Waals surface area (Å²) in [5, 5.41) is 6.05. The summed E-state index contributed by atoms with van der Waals surface area (Å²) >= 11 is 1.34. The molecule has 0 radical (unpaired) electrons. The van der Waals surface area contributed by atoms with E-state index in [1.807, 2.05) is 5.38 Å². The van der Waals surface area contributed by atoms with Crippen molar-refractivity contribution in [3.8, 4) is 0 Å². The number of hydrogen-bond acceptors (Lipinski definition) is 6. The molecule has 1 aliphatic rings. The van der Waals surface area contributed by atoms with Gasteiger partial charge >= 0.3 is 0 Å². The van der Waals surface area contributed by atoms with Gasteiger partial charge in [0.2, 0.25) is 0 Å². The lowest BCUT2D eigenvalue weighted by molar-refractivity contribution is -0.0780. The summed E-state index contributed by atoms with van der Waals surface area (Å²) in [6.07, 6.45) is 0.951. The Hall–Kier alpha value is -0.560. The fraction of sp³-hybridized carbons (Fsp3) is 0.818. The van der Waals surface area contributed by atoms with Crippen LogP contribution in [0.2, 0.25) is 0 Å². The molecule has 17 heavy (non-hydrogen) atoms. The molecule has 2 heterocycles. The molecule has 0 spiro atoms. The summed E-state index contributed by atoms with van der Waals surface area (Å²) in [7, 11) is 0. The maximum absolute atomic E-state index is 6.09. The summed E-state index contributed by atoms with van der Waals surface area (Å²) in [5.41, 5.74) is 3.43. The third kappa shape index (κ3) is 2.49. The van der Waals surface area contributed by atoms with Crippen molar-refractivity contribution >= 4 is 11.5 Å². The fourth-order valence-corrected chi connectivity index (χ4v) is 3.33. The van der Waals surface area contributed by atoms with E-state index in [0.717, 1.165) is 12.1 Å². The second-order valence-electron chi connectivity index (χ2n) is 5.75. The van der Waals surface area contributed by atoms with E-state index in [1.54, 1.807) is 0 Å². The molecule has 2 atom stereocenters. The van der Waals surface area contributed by atoms with Crippen LogP contribution >= 0.6 is 11.5 Å². The molecule has 6 heteroatoms. The number of nitrogens with zero attached hydrogens (tertiary/aromatic N) is 2. The van der Waals surface area contributed by atoms with Crippen LogP contribution in [-0.2, 0) is 4.74 Å². The summed E-state index contributed by atoms with van der Waals surface area (Å²) < 4.78 is 9.99. The molecule has 0 aromatic carbocycles. The minimum Gasteiger partial charge on any atom is -0.369 e. The van der Waals surface area contributed by atoms with Crippen molar-refractivity contribution < 1.29 is 4.74 Å². The minimum atomic E-state index is -0.218. The van der Waals surface area contributed by atoms with Crippen molar-refractivity contribution in [3.05, 3.63) is 11.1 Å². The van der Waals surface area contributed by atoms with Crippen LogP contribution in [0.3, 0.4) is 0 Å². The zero-order valence-corrected chi connectivity index (χ0v) is 11.5. The Bertz CT molecular complexity index is 377. The molecular formula is C11H20N4OS. The van der Waals surface area contributed by atoms with Gasteiger partial charge < -0.3 is 4.74 Å². The molecule has 2 unspecified atom stereocenters. The Kier molecular flexibility index (Phi) is 3.24. The van der Waals surface area contributed by atoms with Crippen LogP contribution in [-0.4, -0.2) is 20.8 Å². The molecular weight excluding hydrogens is 236 g/mol. The summed E-state index contributed by atoms with van der Waals surface area (Å²) in [6, 6.07) is -0.00877. The van der Waals surface area contributed by atoms with Gasteiger partial charge in [-0.1, -0.05) is 4.49 Å². The van der Waals surface area contributed by atoms with Crippen molar-refractivity contribution in [3.63, 3.8) is 0 Å². The van der Waals surface area contributed by atoms with Gasteiger partial charge in [-0.25, -0.2) is 0 Å². The van der Waals surface area contributed by atoms with Gasteiger partial charge in [0.1, 0.15) is 0 Å². The largest absolute Gasteiger partial charge is 0.369 e. The lowest BCUT2D eigenvalue weighted by Gasteiger charge is -2.31. The predicted molar refractivity (Wildman–Crippen MR) is 67.3 cm³/mol. The number of hydrazine groups is 1. The molecule has 0 saturated carbocycles. The van der Waals surface area contributed by atoms with Crippen LogP contribution < -0.4 is 11.3 Å². The van der Waals surface area contributed by atoms with Gasteiger partial charge in [-0.2, -0.15) is 0 Å². The van der Waals surface area contributed by atoms with Crippen molar-refractivity contribution in [1.82, 2.24) is 15.0 Å². The summed E-state index contributed by atoms with van der Waals surface area (Å²) in [6.45, 7) is 8.44. The van der Waals surface area contributed by atoms with Crippen LogP contribution in [0.15, 0.2) is 5.38 Å². The molecule has 1 aliphatic heterocycles. The molecule has 3 N–H and O–H groups in total. The van der Waals surface area contributed by atoms with E-state index in [9.17, 15) is 0 Å². The quantitative estimate of drug-likeness (QED) is 0.635. The number of ether oxygens (including phenoxy) is 1. The van der Waals surface area contributed by atoms with Gasteiger partial charge in [0, 0.05) is 11.3 Å². The Balaban J connectivity index is 2.26. The topological polar surface area (TPSA) is 73.1 Å². The zero-order valence-electron chi connectivity index (χ0n) is 10.7. The Morgan fingerprint density at radius 1 is 1.53 bits per heavy atom. The number of nitrogens with two attached hydrogens (primary N) is 1. The first-order valence-electron chi connectivity index (χ1n) is 5.79. The van der Waals surface area contributed by atoms with Gasteiger partial charge in [0.25, 0.3) is 0 Å². The van der Waals surface area contributed by atoms with E-state index in [0.29, 0.717) is 0 Å². The molecule has 1 saturated heterocycles. The Morgan fingerprint density at radius 3 is 2.65 bits per heavy atom. The van der Waals surface area contributed by atoms with Crippen LogP contribution in [0.4, 0.5) is 0 Å². The number of rotatable bonds is 3. The second-order valence-corrected chi connectivity index (χ2v) is 6.36. The predicted octanol–water partition coefficient (Wildman–Crippen LogP) is 1.64. The van der Waals surface area contributed by atoms with Crippen molar-refractivity contribution in [1.29, 1.82) is 0 Å². The monoisotopic (exact) mass is 256 g/mol. The first kappa shape index (κ1) is 12.9. The SMILES string of the molecule is CC1(C)CC(C(NN)c2csnn2)C(C)(C)O1. The molecule has 0 bridgehead atoms. The van der Waals surface area contributed by atoms with Crippen LogP contribution in [0.5, 0.6) is 0 Å². The lowest BCUT2D eigenvalue weighted by Crippen LogP contribution is -2.41. The van der Waals surface area contributed by atoms with Gasteiger partial charge in [0.05, 0.1) is 22.9 Å². The van der Waals surface area contributed by atoms with E-state index in [-0.39, 0.29) is 23.2 Å². The Morgan fingerprint density at radius 2 is 2.24 bits per heavy atom.